The van der Waals surface area contributed by atoms with Crippen LogP contribution in [0.5, 0.6) is 0 Å². The molecular weight excluding hydrogens is 421 g/mol. The molecule has 1 unspecified atom stereocenters. The Kier molecular flexibility index (Phi) is 5.54. The molecule has 0 radical (unpaired) electrons. The van der Waals surface area contributed by atoms with Crippen LogP contribution in [-0.4, -0.2) is 34.8 Å². The number of carbonyl (C=O) groups is 2. The van der Waals surface area contributed by atoms with Crippen molar-refractivity contribution in [3.63, 3.8) is 0 Å². The van der Waals surface area contributed by atoms with E-state index < -0.39 is 29.5 Å². The number of nitrogens with zero attached hydrogens (tertiary/aromatic N) is 2. The SMILES string of the molecule is Cc1cccc2c1NC(=O)C(N(C=O)C1(N)CCCC1)N=C2c1ccc(C(F)(F)F)cc1. The molecule has 32 heavy (non-hydrogen) atoms. The number of carbonyl (C=O) groups excluding carboxylic acids is 2. The summed E-state index contributed by atoms with van der Waals surface area (Å²) in [5.41, 5.74) is 7.20. The second-order valence-corrected chi connectivity index (χ2v) is 8.24. The van der Waals surface area contributed by atoms with E-state index in [1.165, 1.54) is 17.0 Å². The van der Waals surface area contributed by atoms with Crippen molar-refractivity contribution in [2.24, 2.45) is 10.7 Å². The molecule has 0 aromatic heterocycles. The average molecular weight is 444 g/mol. The highest BCUT2D eigenvalue weighted by Gasteiger charge is 2.43. The standard InChI is InChI=1S/C23H23F3N4O2/c1-14-5-4-6-17-18(14)29-21(32)20(30(13-31)22(27)11-2-3-12-22)28-19(17)15-7-9-16(10-8-15)23(24,25)26/h4-10,13,20H,2-3,11-12,27H2,1H3,(H,29,32). The van der Waals surface area contributed by atoms with Gasteiger partial charge in [-0.05, 0) is 50.3 Å². The van der Waals surface area contributed by atoms with E-state index in [2.05, 4.69) is 10.3 Å². The number of benzene rings is 2. The quantitative estimate of drug-likeness (QED) is 0.555. The highest BCUT2D eigenvalue weighted by molar-refractivity contribution is 6.20. The lowest BCUT2D eigenvalue weighted by molar-refractivity contribution is -0.137. The normalized spacial score (nSPS) is 20.1. The number of aliphatic imine (C=N–C) groups is 1. The summed E-state index contributed by atoms with van der Waals surface area (Å²) in [7, 11) is 0. The first kappa shape index (κ1) is 22.0. The number of para-hydroxylation sites is 1. The molecule has 0 saturated heterocycles. The van der Waals surface area contributed by atoms with E-state index in [0.717, 1.165) is 30.5 Å². The van der Waals surface area contributed by atoms with Gasteiger partial charge in [-0.25, -0.2) is 4.99 Å². The molecule has 1 aliphatic heterocycles. The Morgan fingerprint density at radius 3 is 2.41 bits per heavy atom. The molecular formula is C23H23F3N4O2. The summed E-state index contributed by atoms with van der Waals surface area (Å²) in [4.78, 5) is 31.1. The molecule has 1 aliphatic carbocycles. The largest absolute Gasteiger partial charge is 0.416 e. The van der Waals surface area contributed by atoms with Gasteiger partial charge in [-0.1, -0.05) is 30.3 Å². The fourth-order valence-corrected chi connectivity index (χ4v) is 4.36. The summed E-state index contributed by atoms with van der Waals surface area (Å²) in [5.74, 6) is -0.522. The molecule has 1 saturated carbocycles. The van der Waals surface area contributed by atoms with E-state index in [1.54, 1.807) is 12.1 Å². The number of rotatable bonds is 4. The number of anilines is 1. The van der Waals surface area contributed by atoms with Crippen LogP contribution in [-0.2, 0) is 15.8 Å². The van der Waals surface area contributed by atoms with E-state index in [-0.39, 0.29) is 0 Å². The number of nitrogens with two attached hydrogens (primary N) is 1. The van der Waals surface area contributed by atoms with E-state index in [4.69, 9.17) is 5.73 Å². The van der Waals surface area contributed by atoms with Gasteiger partial charge >= 0.3 is 6.18 Å². The predicted octanol–water partition coefficient (Wildman–Crippen LogP) is 3.82. The Labute approximate surface area is 183 Å². The number of hydrogen-bond donors (Lipinski definition) is 2. The second kappa shape index (κ2) is 8.05. The van der Waals surface area contributed by atoms with Gasteiger partial charge in [0.05, 0.1) is 22.6 Å². The maximum Gasteiger partial charge on any atom is 0.416 e. The molecule has 1 atom stereocenters. The Hall–Kier alpha value is -3.20. The third-order valence-electron chi connectivity index (χ3n) is 6.11. The lowest BCUT2D eigenvalue weighted by Crippen LogP contribution is -2.59. The van der Waals surface area contributed by atoms with Gasteiger partial charge in [0.25, 0.3) is 5.91 Å². The number of halogens is 3. The number of alkyl halides is 3. The van der Waals surface area contributed by atoms with Gasteiger partial charge in [-0.15, -0.1) is 0 Å². The van der Waals surface area contributed by atoms with Crippen molar-refractivity contribution in [1.82, 2.24) is 4.90 Å². The smallest absolute Gasteiger partial charge is 0.322 e. The first-order chi connectivity index (χ1) is 15.1. The number of aryl methyl sites for hydroxylation is 1. The van der Waals surface area contributed by atoms with Crippen molar-refractivity contribution < 1.29 is 22.8 Å². The number of benzodiazepines with no additional fused rings is 1. The number of fused-ring (bicyclic) bond motifs is 1. The fourth-order valence-electron chi connectivity index (χ4n) is 4.36. The van der Waals surface area contributed by atoms with Crippen molar-refractivity contribution in [2.45, 2.75) is 50.6 Å². The first-order valence-corrected chi connectivity index (χ1v) is 10.3. The number of hydrogen-bond acceptors (Lipinski definition) is 4. The molecule has 0 spiro atoms. The summed E-state index contributed by atoms with van der Waals surface area (Å²) >= 11 is 0. The zero-order valence-corrected chi connectivity index (χ0v) is 17.4. The maximum atomic E-state index is 13.2. The minimum Gasteiger partial charge on any atom is -0.322 e. The van der Waals surface area contributed by atoms with Gasteiger partial charge < -0.3 is 11.1 Å². The highest BCUT2D eigenvalue weighted by Crippen LogP contribution is 2.35. The van der Waals surface area contributed by atoms with Crippen LogP contribution in [0.25, 0.3) is 0 Å². The maximum absolute atomic E-state index is 13.2. The van der Waals surface area contributed by atoms with Gasteiger partial charge in [0.1, 0.15) is 0 Å². The molecule has 9 heteroatoms. The molecule has 1 fully saturated rings. The first-order valence-electron chi connectivity index (χ1n) is 10.3. The van der Waals surface area contributed by atoms with Crippen LogP contribution in [0.1, 0.15) is 47.9 Å². The zero-order valence-electron chi connectivity index (χ0n) is 17.4. The van der Waals surface area contributed by atoms with Gasteiger partial charge in [-0.3, -0.25) is 14.5 Å². The summed E-state index contributed by atoms with van der Waals surface area (Å²) in [6, 6.07) is 9.91. The van der Waals surface area contributed by atoms with Crippen LogP contribution in [0.15, 0.2) is 47.5 Å². The Morgan fingerprint density at radius 1 is 1.16 bits per heavy atom. The van der Waals surface area contributed by atoms with Crippen molar-refractivity contribution in [1.29, 1.82) is 0 Å². The molecule has 2 aromatic carbocycles. The monoisotopic (exact) mass is 444 g/mol. The molecule has 4 rings (SSSR count). The molecule has 2 aliphatic rings. The third kappa shape index (κ3) is 3.88. The highest BCUT2D eigenvalue weighted by atomic mass is 19.4. The lowest BCUT2D eigenvalue weighted by atomic mass is 9.97. The van der Waals surface area contributed by atoms with E-state index in [1.807, 2.05) is 13.0 Å². The Bertz CT molecular complexity index is 1070. The van der Waals surface area contributed by atoms with Crippen molar-refractivity contribution in [3.05, 3.63) is 64.7 Å². The lowest BCUT2D eigenvalue weighted by Gasteiger charge is -2.38. The minimum atomic E-state index is -4.47. The van der Waals surface area contributed by atoms with E-state index in [0.29, 0.717) is 41.8 Å². The third-order valence-corrected chi connectivity index (χ3v) is 6.11. The molecule has 2 amide bonds. The van der Waals surface area contributed by atoms with E-state index >= 15 is 0 Å². The van der Waals surface area contributed by atoms with Crippen molar-refractivity contribution in [3.8, 4) is 0 Å². The van der Waals surface area contributed by atoms with Gasteiger partial charge in [-0.2, -0.15) is 13.2 Å². The molecule has 6 nitrogen and oxygen atoms in total. The van der Waals surface area contributed by atoms with Gasteiger partial charge in [0.2, 0.25) is 12.6 Å². The van der Waals surface area contributed by atoms with Crippen LogP contribution in [0, 0.1) is 6.92 Å². The van der Waals surface area contributed by atoms with Crippen LogP contribution >= 0.6 is 0 Å². The molecule has 1 heterocycles. The summed E-state index contributed by atoms with van der Waals surface area (Å²) in [6.07, 6.45) is -2.47. The number of amides is 2. The fraction of sp³-hybridized carbons (Fsp3) is 0.348. The summed E-state index contributed by atoms with van der Waals surface area (Å²) < 4.78 is 39.2. The van der Waals surface area contributed by atoms with Crippen molar-refractivity contribution >= 4 is 23.7 Å². The topological polar surface area (TPSA) is 87.8 Å². The van der Waals surface area contributed by atoms with Crippen LogP contribution in [0.2, 0.25) is 0 Å². The van der Waals surface area contributed by atoms with E-state index in [9.17, 15) is 22.8 Å². The number of nitrogens with one attached hydrogen (secondary N) is 1. The van der Waals surface area contributed by atoms with Crippen LogP contribution in [0.3, 0.4) is 0 Å². The van der Waals surface area contributed by atoms with Crippen LogP contribution < -0.4 is 11.1 Å². The molecule has 3 N–H and O–H groups in total. The molecule has 2 aromatic rings. The minimum absolute atomic E-state index is 0.314. The summed E-state index contributed by atoms with van der Waals surface area (Å²) in [5, 5.41) is 2.84. The predicted molar refractivity (Wildman–Crippen MR) is 114 cm³/mol. The Morgan fingerprint density at radius 2 is 1.81 bits per heavy atom. The molecule has 0 bridgehead atoms. The van der Waals surface area contributed by atoms with Gasteiger partial charge in [0, 0.05) is 11.1 Å². The second-order valence-electron chi connectivity index (χ2n) is 8.24. The van der Waals surface area contributed by atoms with Gasteiger partial charge in [0.15, 0.2) is 0 Å². The zero-order chi connectivity index (χ0) is 23.1. The average Bonchev–Trinajstić information content (AvgIpc) is 3.13. The van der Waals surface area contributed by atoms with Crippen LogP contribution in [0.4, 0.5) is 18.9 Å². The Balaban J connectivity index is 1.86. The summed E-state index contributed by atoms with van der Waals surface area (Å²) in [6.45, 7) is 1.81. The molecule has 168 valence electrons. The van der Waals surface area contributed by atoms with Crippen molar-refractivity contribution in [2.75, 3.05) is 5.32 Å².